The van der Waals surface area contributed by atoms with Crippen LogP contribution in [0.15, 0.2) is 24.3 Å². The van der Waals surface area contributed by atoms with Gasteiger partial charge in [0.25, 0.3) is 0 Å². The van der Waals surface area contributed by atoms with Gasteiger partial charge in [0.1, 0.15) is 19.3 Å². The average Bonchev–Trinajstić information content (AvgIpc) is 1.52. The SMILES string of the molecule is CCCCCC/C=C\C=C/CCCCCCCC(=O)OC[C@H](COP(=O)(O)OC[C@@H](O)COP(=O)(O)OC[C@@H](COC(=O)CCCCCCC)OC(=O)CCCCCCCCCCCCCCC(C)C)OC(=O)CCCCCCCCCCCCCCCCCCCCCCC. The molecule has 0 aliphatic heterocycles. The van der Waals surface area contributed by atoms with E-state index in [0.29, 0.717) is 25.7 Å². The Labute approximate surface area is 586 Å². The van der Waals surface area contributed by atoms with Crippen LogP contribution in [0.4, 0.5) is 0 Å². The van der Waals surface area contributed by atoms with Crippen LogP contribution in [0, 0.1) is 5.92 Å². The molecule has 3 N–H and O–H groups in total. The Balaban J connectivity index is 5.15. The molecule has 17 nitrogen and oxygen atoms in total. The average molecular weight is 1410 g/mol. The van der Waals surface area contributed by atoms with Gasteiger partial charge >= 0.3 is 39.5 Å². The summed E-state index contributed by atoms with van der Waals surface area (Å²) in [5.74, 6) is -1.38. The van der Waals surface area contributed by atoms with E-state index in [0.717, 1.165) is 121 Å². The second-order valence-electron chi connectivity index (χ2n) is 27.5. The number of carbonyl (C=O) groups is 4. The van der Waals surface area contributed by atoms with Crippen molar-refractivity contribution in [2.24, 2.45) is 5.92 Å². The number of hydrogen-bond acceptors (Lipinski definition) is 15. The molecule has 19 heteroatoms. The lowest BCUT2D eigenvalue weighted by atomic mass is 10.0. The topological polar surface area (TPSA) is 237 Å². The van der Waals surface area contributed by atoms with Gasteiger partial charge in [-0.3, -0.25) is 37.3 Å². The lowest BCUT2D eigenvalue weighted by Gasteiger charge is -2.21. The molecule has 96 heavy (non-hydrogen) atoms. The van der Waals surface area contributed by atoms with E-state index in [2.05, 4.69) is 58.9 Å². The molecule has 0 heterocycles. The second-order valence-corrected chi connectivity index (χ2v) is 30.4. The first kappa shape index (κ1) is 93.5. The maximum absolute atomic E-state index is 13.1. The fourth-order valence-electron chi connectivity index (χ4n) is 11.3. The molecule has 0 aromatic carbocycles. The first-order chi connectivity index (χ1) is 46.5. The molecule has 0 rings (SSSR count). The third-order valence-corrected chi connectivity index (χ3v) is 19.3. The van der Waals surface area contributed by atoms with E-state index in [1.807, 2.05) is 0 Å². The minimum Gasteiger partial charge on any atom is -0.462 e. The number of aliphatic hydroxyl groups excluding tert-OH is 1. The van der Waals surface area contributed by atoms with Crippen LogP contribution in [0.3, 0.4) is 0 Å². The zero-order valence-corrected chi connectivity index (χ0v) is 63.8. The summed E-state index contributed by atoms with van der Waals surface area (Å²) in [5.41, 5.74) is 0. The summed E-state index contributed by atoms with van der Waals surface area (Å²) in [6.45, 7) is 7.15. The zero-order valence-electron chi connectivity index (χ0n) is 62.0. The van der Waals surface area contributed by atoms with Crippen molar-refractivity contribution in [3.8, 4) is 0 Å². The molecule has 0 aromatic rings. The van der Waals surface area contributed by atoms with Crippen molar-refractivity contribution in [3.63, 3.8) is 0 Å². The molecule has 0 saturated carbocycles. The van der Waals surface area contributed by atoms with Crippen molar-refractivity contribution in [1.82, 2.24) is 0 Å². The summed E-state index contributed by atoms with van der Waals surface area (Å²) in [5, 5.41) is 10.6. The molecular formula is C77H146O17P2. The Morgan fingerprint density at radius 2 is 0.562 bits per heavy atom. The summed E-state index contributed by atoms with van der Waals surface area (Å²) in [6, 6.07) is 0. The normalized spacial score (nSPS) is 14.1. The third kappa shape index (κ3) is 70.0. The molecule has 0 saturated heterocycles. The highest BCUT2D eigenvalue weighted by atomic mass is 31.2. The number of ether oxygens (including phenoxy) is 4. The lowest BCUT2D eigenvalue weighted by Crippen LogP contribution is -2.30. The van der Waals surface area contributed by atoms with E-state index in [-0.39, 0.29) is 25.7 Å². The molecule has 5 atom stereocenters. The fourth-order valence-corrected chi connectivity index (χ4v) is 12.9. The molecule has 2 unspecified atom stereocenters. The van der Waals surface area contributed by atoms with Gasteiger partial charge in [0.05, 0.1) is 26.4 Å². The maximum atomic E-state index is 13.1. The minimum atomic E-state index is -4.96. The summed E-state index contributed by atoms with van der Waals surface area (Å²) < 4.78 is 68.3. The zero-order chi connectivity index (χ0) is 70.5. The van der Waals surface area contributed by atoms with Crippen LogP contribution in [0.25, 0.3) is 0 Å². The predicted molar refractivity (Wildman–Crippen MR) is 391 cm³/mol. The monoisotopic (exact) mass is 1410 g/mol. The fraction of sp³-hybridized carbons (Fsp3) is 0.896. The second kappa shape index (κ2) is 69.6. The highest BCUT2D eigenvalue weighted by Crippen LogP contribution is 2.45. The van der Waals surface area contributed by atoms with E-state index in [1.165, 1.54) is 180 Å². The van der Waals surface area contributed by atoms with Crippen molar-refractivity contribution in [3.05, 3.63) is 24.3 Å². The third-order valence-electron chi connectivity index (χ3n) is 17.4. The number of allylic oxidation sites excluding steroid dienone is 4. The van der Waals surface area contributed by atoms with E-state index < -0.39 is 97.5 Å². The van der Waals surface area contributed by atoms with Gasteiger partial charge in [-0.05, 0) is 57.3 Å². The molecule has 0 bridgehead atoms. The van der Waals surface area contributed by atoms with Crippen LogP contribution >= 0.6 is 15.6 Å². The molecule has 0 aromatic heterocycles. The molecule has 0 radical (unpaired) electrons. The van der Waals surface area contributed by atoms with Gasteiger partial charge in [0.2, 0.25) is 0 Å². The van der Waals surface area contributed by atoms with Crippen LogP contribution in [0.2, 0.25) is 0 Å². The van der Waals surface area contributed by atoms with Gasteiger partial charge in [0, 0.05) is 25.7 Å². The molecule has 0 aliphatic carbocycles. The van der Waals surface area contributed by atoms with Gasteiger partial charge in [-0.15, -0.1) is 0 Å². The number of phosphoric ester groups is 2. The minimum absolute atomic E-state index is 0.102. The summed E-state index contributed by atoms with van der Waals surface area (Å²) in [6.07, 6.45) is 62.4. The van der Waals surface area contributed by atoms with Gasteiger partial charge in [-0.25, -0.2) is 9.13 Å². The van der Waals surface area contributed by atoms with Crippen molar-refractivity contribution in [2.45, 2.75) is 400 Å². The molecule has 0 spiro atoms. The van der Waals surface area contributed by atoms with Crippen molar-refractivity contribution in [1.29, 1.82) is 0 Å². The number of carbonyl (C=O) groups excluding carboxylic acids is 4. The van der Waals surface area contributed by atoms with Crippen LogP contribution in [0.5, 0.6) is 0 Å². The molecule has 0 fully saturated rings. The van der Waals surface area contributed by atoms with Gasteiger partial charge in [-0.1, -0.05) is 329 Å². The maximum Gasteiger partial charge on any atom is 0.472 e. The number of unbranched alkanes of at least 4 members (excludes halogenated alkanes) is 44. The van der Waals surface area contributed by atoms with Crippen LogP contribution in [-0.4, -0.2) is 96.7 Å². The van der Waals surface area contributed by atoms with E-state index in [1.54, 1.807) is 0 Å². The van der Waals surface area contributed by atoms with Gasteiger partial charge < -0.3 is 33.8 Å². The van der Waals surface area contributed by atoms with Crippen molar-refractivity contribution >= 4 is 39.5 Å². The first-order valence-corrected chi connectivity index (χ1v) is 42.4. The number of esters is 4. The smallest absolute Gasteiger partial charge is 0.462 e. The van der Waals surface area contributed by atoms with Crippen LogP contribution in [0.1, 0.15) is 381 Å². The Bertz CT molecular complexity index is 1930. The van der Waals surface area contributed by atoms with Crippen LogP contribution < -0.4 is 0 Å². The van der Waals surface area contributed by atoms with Crippen LogP contribution in [-0.2, 0) is 65.4 Å². The summed E-state index contributed by atoms with van der Waals surface area (Å²) >= 11 is 0. The molecule has 566 valence electrons. The predicted octanol–water partition coefficient (Wildman–Crippen LogP) is 22.4. The number of phosphoric acid groups is 2. The summed E-state index contributed by atoms with van der Waals surface area (Å²) in [7, 11) is -9.91. The molecular weight excluding hydrogens is 1260 g/mol. The van der Waals surface area contributed by atoms with Crippen molar-refractivity contribution < 1.29 is 80.2 Å². The highest BCUT2D eigenvalue weighted by Gasteiger charge is 2.30. The van der Waals surface area contributed by atoms with E-state index in [4.69, 9.17) is 37.0 Å². The first-order valence-electron chi connectivity index (χ1n) is 39.5. The van der Waals surface area contributed by atoms with E-state index in [9.17, 15) is 43.2 Å². The van der Waals surface area contributed by atoms with E-state index >= 15 is 0 Å². The van der Waals surface area contributed by atoms with Crippen molar-refractivity contribution in [2.75, 3.05) is 39.6 Å². The standard InChI is InChI=1S/C77H146O17P2/c1-6-9-12-15-17-19-21-23-25-26-27-28-29-30-32-34-39-43-47-52-57-63-77(82)94-73(67-88-75(80)61-56-51-46-42-38-33-31-24-22-20-18-16-13-10-7-2)69-92-96(85,86)90-65-71(78)64-89-95(83,84)91-68-72(66-87-74(79)60-55-49-14-11-8-3)93-76(81)62-58-53-48-44-40-36-35-37-41-45-50-54-59-70(4)5/h20,22,24,31,70-73,78H,6-19,21,23,25-30,32-69H2,1-5H3,(H,83,84)(H,85,86)/b22-20-,31-24-/t71-,72+,73+/m0/s1. The summed E-state index contributed by atoms with van der Waals surface area (Å²) in [4.78, 5) is 72.5. The lowest BCUT2D eigenvalue weighted by molar-refractivity contribution is -0.161. The number of hydrogen-bond donors (Lipinski definition) is 3. The number of aliphatic hydroxyl groups is 1. The van der Waals surface area contributed by atoms with Gasteiger partial charge in [0.15, 0.2) is 12.2 Å². The van der Waals surface area contributed by atoms with Gasteiger partial charge in [-0.2, -0.15) is 0 Å². The Morgan fingerprint density at radius 3 is 0.854 bits per heavy atom. The molecule has 0 amide bonds. The quantitative estimate of drug-likeness (QED) is 0.0169. The Hall–Kier alpha value is -2.46. The number of rotatable bonds is 75. The molecule has 0 aliphatic rings. The Morgan fingerprint density at radius 1 is 0.323 bits per heavy atom. The highest BCUT2D eigenvalue weighted by molar-refractivity contribution is 7.47. The Kier molecular flexibility index (Phi) is 67.8. The largest absolute Gasteiger partial charge is 0.472 e.